The monoisotopic (exact) mass is 237 g/mol. The highest BCUT2D eigenvalue weighted by Gasteiger charge is 2.25. The fourth-order valence-corrected chi connectivity index (χ4v) is 2.87. The van der Waals surface area contributed by atoms with Gasteiger partial charge in [0.15, 0.2) is 0 Å². The van der Waals surface area contributed by atoms with Crippen molar-refractivity contribution in [1.29, 1.82) is 0 Å². The number of non-ortho nitro benzene ring substituents is 1. The normalized spacial score (nSPS) is 20.0. The predicted molar refractivity (Wildman–Crippen MR) is 61.6 cm³/mol. The predicted octanol–water partition coefficient (Wildman–Crippen LogP) is 2.81. The second kappa shape index (κ2) is 4.65. The molecule has 5 heteroatoms. The number of Topliss-reactive ketones (excluding diaryl/α,β-unsaturated/α-hetero) is 1. The molecule has 1 aliphatic rings. The van der Waals surface area contributed by atoms with Gasteiger partial charge in [-0.25, -0.2) is 0 Å². The average Bonchev–Trinajstić information content (AvgIpc) is 2.65. The lowest BCUT2D eigenvalue weighted by atomic mass is 10.3. The van der Waals surface area contributed by atoms with E-state index < -0.39 is 4.92 Å². The average molecular weight is 237 g/mol. The molecule has 0 spiro atoms. The van der Waals surface area contributed by atoms with Crippen LogP contribution in [0.2, 0.25) is 0 Å². The van der Waals surface area contributed by atoms with E-state index in [1.807, 2.05) is 0 Å². The number of nitro benzene ring substituents is 1. The number of carbonyl (C=O) groups is 1. The first-order valence-corrected chi connectivity index (χ1v) is 5.98. The van der Waals surface area contributed by atoms with E-state index in [9.17, 15) is 14.9 Å². The summed E-state index contributed by atoms with van der Waals surface area (Å²) in [6.45, 7) is 0. The van der Waals surface area contributed by atoms with Crippen LogP contribution in [0.25, 0.3) is 0 Å². The Morgan fingerprint density at radius 2 is 2.00 bits per heavy atom. The highest BCUT2D eigenvalue weighted by Crippen LogP contribution is 2.33. The molecule has 0 heterocycles. The van der Waals surface area contributed by atoms with Crippen LogP contribution in [0.3, 0.4) is 0 Å². The Morgan fingerprint density at radius 3 is 2.50 bits per heavy atom. The summed E-state index contributed by atoms with van der Waals surface area (Å²) in [5, 5.41) is 10.5. The quantitative estimate of drug-likeness (QED) is 0.599. The SMILES string of the molecule is O=C1CCCC1Sc1ccc([N+](=O)[O-])cc1. The minimum absolute atomic E-state index is 0.0430. The Morgan fingerprint density at radius 1 is 1.31 bits per heavy atom. The second-order valence-electron chi connectivity index (χ2n) is 3.72. The van der Waals surface area contributed by atoms with E-state index in [0.29, 0.717) is 12.2 Å². The highest BCUT2D eigenvalue weighted by atomic mass is 32.2. The van der Waals surface area contributed by atoms with Gasteiger partial charge in [-0.3, -0.25) is 14.9 Å². The molecule has 84 valence electrons. The zero-order valence-corrected chi connectivity index (χ0v) is 9.40. The second-order valence-corrected chi connectivity index (χ2v) is 4.99. The lowest BCUT2D eigenvalue weighted by Crippen LogP contribution is -2.07. The van der Waals surface area contributed by atoms with Crippen molar-refractivity contribution in [2.45, 2.75) is 29.4 Å². The fraction of sp³-hybridized carbons (Fsp3) is 0.364. The van der Waals surface area contributed by atoms with E-state index in [-0.39, 0.29) is 10.9 Å². The number of benzene rings is 1. The van der Waals surface area contributed by atoms with E-state index in [2.05, 4.69) is 0 Å². The van der Waals surface area contributed by atoms with Crippen molar-refractivity contribution >= 4 is 23.2 Å². The third kappa shape index (κ3) is 2.41. The molecule has 0 N–H and O–H groups in total. The van der Waals surface area contributed by atoms with Crippen LogP contribution in [-0.4, -0.2) is 16.0 Å². The highest BCUT2D eigenvalue weighted by molar-refractivity contribution is 8.00. The maximum Gasteiger partial charge on any atom is 0.269 e. The van der Waals surface area contributed by atoms with E-state index in [1.54, 1.807) is 12.1 Å². The van der Waals surface area contributed by atoms with Crippen LogP contribution in [-0.2, 0) is 4.79 Å². The fourth-order valence-electron chi connectivity index (χ4n) is 1.72. The van der Waals surface area contributed by atoms with Crippen molar-refractivity contribution in [2.24, 2.45) is 0 Å². The van der Waals surface area contributed by atoms with Crippen LogP contribution in [0.1, 0.15) is 19.3 Å². The molecule has 1 fully saturated rings. The van der Waals surface area contributed by atoms with E-state index in [0.717, 1.165) is 17.7 Å². The van der Waals surface area contributed by atoms with Crippen LogP contribution < -0.4 is 0 Å². The molecule has 1 aliphatic carbocycles. The summed E-state index contributed by atoms with van der Waals surface area (Å²) in [4.78, 5) is 22.4. The Kier molecular flexibility index (Phi) is 3.24. The first-order chi connectivity index (χ1) is 7.66. The number of ketones is 1. The maximum absolute atomic E-state index is 11.4. The van der Waals surface area contributed by atoms with Gasteiger partial charge in [0.05, 0.1) is 10.2 Å². The first kappa shape index (κ1) is 11.1. The molecule has 0 amide bonds. The lowest BCUT2D eigenvalue weighted by molar-refractivity contribution is -0.384. The molecular weight excluding hydrogens is 226 g/mol. The van der Waals surface area contributed by atoms with Crippen molar-refractivity contribution in [3.05, 3.63) is 34.4 Å². The zero-order valence-electron chi connectivity index (χ0n) is 8.59. The minimum atomic E-state index is -0.421. The summed E-state index contributed by atoms with van der Waals surface area (Å²) >= 11 is 1.51. The minimum Gasteiger partial charge on any atom is -0.298 e. The Hall–Kier alpha value is -1.36. The molecule has 1 aromatic rings. The lowest BCUT2D eigenvalue weighted by Gasteiger charge is -2.06. The van der Waals surface area contributed by atoms with Crippen molar-refractivity contribution in [2.75, 3.05) is 0 Å². The molecule has 16 heavy (non-hydrogen) atoms. The van der Waals surface area contributed by atoms with Crippen molar-refractivity contribution in [3.63, 3.8) is 0 Å². The molecule has 0 saturated heterocycles. The third-order valence-corrected chi connectivity index (χ3v) is 3.90. The van der Waals surface area contributed by atoms with E-state index >= 15 is 0 Å². The van der Waals surface area contributed by atoms with Gasteiger partial charge in [0.25, 0.3) is 5.69 Å². The van der Waals surface area contributed by atoms with Gasteiger partial charge in [0.2, 0.25) is 0 Å². The third-order valence-electron chi connectivity index (χ3n) is 2.57. The molecule has 2 rings (SSSR count). The summed E-state index contributed by atoms with van der Waals surface area (Å²) in [6.07, 6.45) is 2.55. The molecule has 1 saturated carbocycles. The summed E-state index contributed by atoms with van der Waals surface area (Å²) in [5.74, 6) is 0.295. The van der Waals surface area contributed by atoms with Crippen LogP contribution in [0.4, 0.5) is 5.69 Å². The summed E-state index contributed by atoms with van der Waals surface area (Å²) in [5.41, 5.74) is 0.0853. The van der Waals surface area contributed by atoms with Gasteiger partial charge in [-0.15, -0.1) is 11.8 Å². The number of rotatable bonds is 3. The Bertz CT molecular complexity index is 416. The van der Waals surface area contributed by atoms with Gasteiger partial charge < -0.3 is 0 Å². The number of nitro groups is 1. The smallest absolute Gasteiger partial charge is 0.269 e. The van der Waals surface area contributed by atoms with Gasteiger partial charge >= 0.3 is 0 Å². The van der Waals surface area contributed by atoms with Gasteiger partial charge in [-0.1, -0.05) is 0 Å². The van der Waals surface area contributed by atoms with Gasteiger partial charge in [-0.05, 0) is 25.0 Å². The summed E-state index contributed by atoms with van der Waals surface area (Å²) < 4.78 is 0. The van der Waals surface area contributed by atoms with Crippen LogP contribution in [0, 0.1) is 10.1 Å². The van der Waals surface area contributed by atoms with Crippen LogP contribution in [0.5, 0.6) is 0 Å². The molecule has 1 atom stereocenters. The number of thioether (sulfide) groups is 1. The van der Waals surface area contributed by atoms with Crippen molar-refractivity contribution in [1.82, 2.24) is 0 Å². The van der Waals surface area contributed by atoms with E-state index in [4.69, 9.17) is 0 Å². The number of hydrogen-bond donors (Lipinski definition) is 0. The van der Waals surface area contributed by atoms with E-state index in [1.165, 1.54) is 23.9 Å². The molecule has 0 bridgehead atoms. The van der Waals surface area contributed by atoms with Gasteiger partial charge in [0, 0.05) is 23.4 Å². The summed E-state index contributed by atoms with van der Waals surface area (Å²) in [7, 11) is 0. The number of hydrogen-bond acceptors (Lipinski definition) is 4. The molecule has 4 nitrogen and oxygen atoms in total. The first-order valence-electron chi connectivity index (χ1n) is 5.10. The largest absolute Gasteiger partial charge is 0.298 e. The number of carbonyl (C=O) groups excluding carboxylic acids is 1. The molecule has 1 unspecified atom stereocenters. The topological polar surface area (TPSA) is 60.2 Å². The van der Waals surface area contributed by atoms with Gasteiger partial charge in [0.1, 0.15) is 5.78 Å². The van der Waals surface area contributed by atoms with Crippen LogP contribution >= 0.6 is 11.8 Å². The zero-order chi connectivity index (χ0) is 11.5. The number of nitrogens with zero attached hydrogens (tertiary/aromatic N) is 1. The van der Waals surface area contributed by atoms with Gasteiger partial charge in [-0.2, -0.15) is 0 Å². The maximum atomic E-state index is 11.4. The Labute approximate surface area is 97.2 Å². The molecule has 0 radical (unpaired) electrons. The molecule has 0 aliphatic heterocycles. The standard InChI is InChI=1S/C11H11NO3S/c13-10-2-1-3-11(10)16-9-6-4-8(5-7-9)12(14)15/h4-7,11H,1-3H2. The molecule has 1 aromatic carbocycles. The van der Waals surface area contributed by atoms with Crippen molar-refractivity contribution < 1.29 is 9.72 Å². The molecule has 0 aromatic heterocycles. The molecular formula is C11H11NO3S. The van der Waals surface area contributed by atoms with Crippen LogP contribution in [0.15, 0.2) is 29.2 Å². The summed E-state index contributed by atoms with van der Waals surface area (Å²) in [6, 6.07) is 6.35. The van der Waals surface area contributed by atoms with Crippen molar-refractivity contribution in [3.8, 4) is 0 Å². The Balaban J connectivity index is 2.05.